The van der Waals surface area contributed by atoms with Gasteiger partial charge in [-0.2, -0.15) is 13.2 Å². The van der Waals surface area contributed by atoms with Crippen molar-refractivity contribution in [1.82, 2.24) is 24.1 Å². The van der Waals surface area contributed by atoms with Crippen molar-refractivity contribution in [1.29, 1.82) is 0 Å². The molecule has 4 rings (SSSR count). The number of alkyl halides is 3. The first kappa shape index (κ1) is 20.5. The molecule has 158 valence electrons. The molecular formula is C18H16F3N5O2S2. The van der Waals surface area contributed by atoms with Crippen molar-refractivity contribution in [3.8, 4) is 22.2 Å². The summed E-state index contributed by atoms with van der Waals surface area (Å²) in [6.07, 6.45) is -3.54. The summed E-state index contributed by atoms with van der Waals surface area (Å²) in [7, 11) is -0.525. The van der Waals surface area contributed by atoms with Crippen LogP contribution in [0.5, 0.6) is 0 Å². The molecule has 0 saturated heterocycles. The molecule has 0 spiro atoms. The summed E-state index contributed by atoms with van der Waals surface area (Å²) in [6, 6.07) is 4.48. The highest BCUT2D eigenvalue weighted by atomic mass is 32.2. The lowest BCUT2D eigenvalue weighted by molar-refractivity contribution is -0.141. The average molecular weight is 455 g/mol. The number of fused-ring (bicyclic) bond motifs is 1. The highest BCUT2D eigenvalue weighted by Crippen LogP contribution is 2.35. The van der Waals surface area contributed by atoms with E-state index in [1.807, 2.05) is 17.5 Å². The maximum absolute atomic E-state index is 13.0. The second-order valence-electron chi connectivity index (χ2n) is 6.58. The molecule has 30 heavy (non-hydrogen) atoms. The molecule has 0 N–H and O–H groups in total. The molecule has 0 radical (unpaired) electrons. The van der Waals surface area contributed by atoms with Crippen LogP contribution < -0.4 is 0 Å². The molecule has 0 saturated carbocycles. The summed E-state index contributed by atoms with van der Waals surface area (Å²) in [4.78, 5) is 13.0. The lowest BCUT2D eigenvalue weighted by Crippen LogP contribution is -2.11. The first-order valence-corrected chi connectivity index (χ1v) is 11.3. The van der Waals surface area contributed by atoms with Crippen LogP contribution in [-0.2, 0) is 30.1 Å². The van der Waals surface area contributed by atoms with Gasteiger partial charge in [-0.15, -0.1) is 11.3 Å². The quantitative estimate of drug-likeness (QED) is 0.466. The third-order valence-corrected chi connectivity index (χ3v) is 7.41. The van der Waals surface area contributed by atoms with E-state index >= 15 is 0 Å². The van der Waals surface area contributed by atoms with Gasteiger partial charge in [0.15, 0.2) is 26.5 Å². The van der Waals surface area contributed by atoms with Gasteiger partial charge in [-0.05, 0) is 17.5 Å². The normalized spacial score (nSPS) is 12.7. The molecule has 0 aliphatic carbocycles. The number of thiophene rings is 1. The zero-order valence-corrected chi connectivity index (χ0v) is 17.7. The number of pyridine rings is 1. The van der Waals surface area contributed by atoms with Crippen LogP contribution in [0.3, 0.4) is 0 Å². The fourth-order valence-corrected chi connectivity index (χ4v) is 5.16. The van der Waals surface area contributed by atoms with Crippen molar-refractivity contribution in [2.45, 2.75) is 18.1 Å². The lowest BCUT2D eigenvalue weighted by Gasteiger charge is -2.07. The molecule has 0 aliphatic heterocycles. The van der Waals surface area contributed by atoms with Crippen molar-refractivity contribution in [2.24, 2.45) is 14.1 Å². The van der Waals surface area contributed by atoms with Crippen molar-refractivity contribution in [3.63, 3.8) is 0 Å². The van der Waals surface area contributed by atoms with Crippen LogP contribution >= 0.6 is 11.3 Å². The summed E-state index contributed by atoms with van der Waals surface area (Å²) < 4.78 is 67.8. The molecule has 0 aliphatic rings. The summed E-state index contributed by atoms with van der Waals surface area (Å²) in [5, 5.41) is 1.81. The number of nitrogens with zero attached hydrogens (tertiary/aromatic N) is 5. The van der Waals surface area contributed by atoms with Crippen LogP contribution in [0, 0.1) is 0 Å². The molecule has 0 bridgehead atoms. The fraction of sp³-hybridized carbons (Fsp3) is 0.278. The van der Waals surface area contributed by atoms with Crippen LogP contribution in [0.25, 0.3) is 33.3 Å². The Labute approximate surface area is 173 Å². The standard InChI is InChI=1S/C18H16F3N5O2S2/c1-4-30(27,28)17-14(24-15(26(17)3)12-6-5-7-29-12)16-23-10-8-13(18(19,20)21)22-9-11(10)25(16)2/h5-9H,4H2,1-3H3. The van der Waals surface area contributed by atoms with E-state index in [2.05, 4.69) is 15.0 Å². The number of aromatic nitrogens is 5. The third-order valence-electron chi connectivity index (χ3n) is 4.73. The molecule has 0 fully saturated rings. The van der Waals surface area contributed by atoms with Crippen molar-refractivity contribution < 1.29 is 21.6 Å². The number of hydrogen-bond acceptors (Lipinski definition) is 6. The smallest absolute Gasteiger partial charge is 0.324 e. The summed E-state index contributed by atoms with van der Waals surface area (Å²) >= 11 is 1.40. The minimum Gasteiger partial charge on any atom is -0.324 e. The average Bonchev–Trinajstić information content (AvgIpc) is 3.39. The van der Waals surface area contributed by atoms with E-state index in [1.165, 1.54) is 27.4 Å². The van der Waals surface area contributed by atoms with E-state index in [1.54, 1.807) is 14.1 Å². The predicted molar refractivity (Wildman–Crippen MR) is 107 cm³/mol. The number of imidazole rings is 2. The number of rotatable bonds is 4. The number of sulfone groups is 1. The Balaban J connectivity index is 2.01. The van der Waals surface area contributed by atoms with E-state index in [4.69, 9.17) is 0 Å². The second kappa shape index (κ2) is 6.91. The Morgan fingerprint density at radius 1 is 1.13 bits per heavy atom. The highest BCUT2D eigenvalue weighted by Gasteiger charge is 2.34. The Morgan fingerprint density at radius 2 is 1.87 bits per heavy atom. The van der Waals surface area contributed by atoms with Crippen LogP contribution in [-0.4, -0.2) is 38.3 Å². The monoisotopic (exact) mass is 455 g/mol. The molecule has 0 unspecified atom stereocenters. The minimum absolute atomic E-state index is 0.0317. The van der Waals surface area contributed by atoms with Gasteiger partial charge in [0, 0.05) is 14.1 Å². The minimum atomic E-state index is -4.61. The van der Waals surface area contributed by atoms with Gasteiger partial charge >= 0.3 is 6.18 Å². The van der Waals surface area contributed by atoms with Crippen LogP contribution in [0.15, 0.2) is 34.8 Å². The van der Waals surface area contributed by atoms with Crippen LogP contribution in [0.1, 0.15) is 12.6 Å². The topological polar surface area (TPSA) is 82.7 Å². The van der Waals surface area contributed by atoms with Crippen molar-refractivity contribution in [3.05, 3.63) is 35.5 Å². The number of aryl methyl sites for hydroxylation is 1. The van der Waals surface area contributed by atoms with E-state index in [0.717, 1.165) is 17.1 Å². The van der Waals surface area contributed by atoms with E-state index in [-0.39, 0.29) is 27.8 Å². The van der Waals surface area contributed by atoms with Gasteiger partial charge < -0.3 is 9.13 Å². The fourth-order valence-electron chi connectivity index (χ4n) is 3.20. The zero-order valence-electron chi connectivity index (χ0n) is 16.1. The molecule has 0 amide bonds. The molecule has 4 aromatic heterocycles. The van der Waals surface area contributed by atoms with Gasteiger partial charge in [0.05, 0.1) is 27.9 Å². The van der Waals surface area contributed by atoms with Gasteiger partial charge in [0.2, 0.25) is 0 Å². The SMILES string of the molecule is CCS(=O)(=O)c1c(-c2nc3cc(C(F)(F)F)ncc3n2C)nc(-c2cccs2)n1C. The van der Waals surface area contributed by atoms with Gasteiger partial charge in [-0.25, -0.2) is 23.4 Å². The lowest BCUT2D eigenvalue weighted by atomic mass is 10.3. The molecule has 0 atom stereocenters. The Kier molecular flexibility index (Phi) is 4.73. The Bertz CT molecular complexity index is 1350. The van der Waals surface area contributed by atoms with E-state index < -0.39 is 21.7 Å². The van der Waals surface area contributed by atoms with Crippen molar-refractivity contribution >= 4 is 32.2 Å². The van der Waals surface area contributed by atoms with Gasteiger partial charge in [-0.3, -0.25) is 0 Å². The number of hydrogen-bond donors (Lipinski definition) is 0. The van der Waals surface area contributed by atoms with E-state index in [0.29, 0.717) is 11.3 Å². The number of halogens is 3. The molecule has 4 aromatic rings. The first-order valence-electron chi connectivity index (χ1n) is 8.78. The largest absolute Gasteiger partial charge is 0.433 e. The molecule has 4 heterocycles. The predicted octanol–water partition coefficient (Wildman–Crippen LogP) is 3.91. The second-order valence-corrected chi connectivity index (χ2v) is 9.72. The molecule has 7 nitrogen and oxygen atoms in total. The molecular weight excluding hydrogens is 439 g/mol. The van der Waals surface area contributed by atoms with E-state index in [9.17, 15) is 21.6 Å². The third kappa shape index (κ3) is 3.19. The van der Waals surface area contributed by atoms with Gasteiger partial charge in [0.25, 0.3) is 0 Å². The maximum Gasteiger partial charge on any atom is 0.433 e. The Morgan fingerprint density at radius 3 is 2.47 bits per heavy atom. The molecule has 0 aromatic carbocycles. The van der Waals surface area contributed by atoms with Gasteiger partial charge in [0.1, 0.15) is 11.4 Å². The van der Waals surface area contributed by atoms with Crippen LogP contribution in [0.2, 0.25) is 0 Å². The first-order chi connectivity index (χ1) is 14.0. The zero-order chi connectivity index (χ0) is 21.8. The summed E-state index contributed by atoms with van der Waals surface area (Å²) in [5.41, 5.74) is -0.587. The summed E-state index contributed by atoms with van der Waals surface area (Å²) in [5.74, 6) is 0.428. The van der Waals surface area contributed by atoms with Crippen molar-refractivity contribution in [2.75, 3.05) is 5.75 Å². The van der Waals surface area contributed by atoms with Crippen LogP contribution in [0.4, 0.5) is 13.2 Å². The van der Waals surface area contributed by atoms with Gasteiger partial charge in [-0.1, -0.05) is 13.0 Å². The molecule has 12 heteroatoms. The maximum atomic E-state index is 13.0. The highest BCUT2D eigenvalue weighted by molar-refractivity contribution is 7.91. The Hall–Kier alpha value is -2.73. The summed E-state index contributed by atoms with van der Waals surface area (Å²) in [6.45, 7) is 1.52.